The molecule has 3 aromatic rings. The molecule has 0 unspecified atom stereocenters. The number of halogens is 1. The summed E-state index contributed by atoms with van der Waals surface area (Å²) in [7, 11) is -4.00. The first kappa shape index (κ1) is 20.1. The van der Waals surface area contributed by atoms with Gasteiger partial charge >= 0.3 is 0 Å². The van der Waals surface area contributed by atoms with E-state index in [0.717, 1.165) is 9.18 Å². The first-order valence-corrected chi connectivity index (χ1v) is 10.9. The summed E-state index contributed by atoms with van der Waals surface area (Å²) < 4.78 is 27.2. The summed E-state index contributed by atoms with van der Waals surface area (Å²) in [5, 5.41) is 5.97. The van der Waals surface area contributed by atoms with Crippen LogP contribution in [0.15, 0.2) is 82.1 Å². The Bertz CT molecular complexity index is 1070. The standard InChI is InChI=1S/C19H16ClN3O3S2/c20-17-10-4-5-11-18(17)23(28(25,26)16-8-2-1-3-9-16)14-19(24)22-21-13-15-7-6-12-27-15/h1-13H,14H2,(H,22,24)/b21-13-. The number of benzene rings is 2. The number of thiophene rings is 1. The van der Waals surface area contributed by atoms with Crippen LogP contribution < -0.4 is 9.73 Å². The van der Waals surface area contributed by atoms with E-state index >= 15 is 0 Å². The van der Waals surface area contributed by atoms with Gasteiger partial charge in [0.15, 0.2) is 0 Å². The van der Waals surface area contributed by atoms with Crippen LogP contribution in [0.25, 0.3) is 0 Å². The summed E-state index contributed by atoms with van der Waals surface area (Å²) in [4.78, 5) is 13.3. The number of hydrogen-bond acceptors (Lipinski definition) is 5. The second kappa shape index (κ2) is 9.01. The average molecular weight is 434 g/mol. The summed E-state index contributed by atoms with van der Waals surface area (Å²) in [5.41, 5.74) is 2.57. The lowest BCUT2D eigenvalue weighted by molar-refractivity contribution is -0.119. The molecule has 3 rings (SSSR count). The summed E-state index contributed by atoms with van der Waals surface area (Å²) in [6, 6.07) is 18.0. The fourth-order valence-electron chi connectivity index (χ4n) is 2.37. The second-order valence-corrected chi connectivity index (χ2v) is 8.83. The highest BCUT2D eigenvalue weighted by Gasteiger charge is 2.28. The molecule has 0 aliphatic carbocycles. The molecule has 2 aromatic carbocycles. The molecule has 0 atom stereocenters. The summed E-state index contributed by atoms with van der Waals surface area (Å²) in [5.74, 6) is -0.591. The molecular weight excluding hydrogens is 418 g/mol. The molecule has 9 heteroatoms. The van der Waals surface area contributed by atoms with Gasteiger partial charge in [-0.3, -0.25) is 9.10 Å². The largest absolute Gasteiger partial charge is 0.271 e. The lowest BCUT2D eigenvalue weighted by atomic mass is 10.3. The number of nitrogens with zero attached hydrogens (tertiary/aromatic N) is 2. The molecule has 1 N–H and O–H groups in total. The van der Waals surface area contributed by atoms with Crippen molar-refractivity contribution in [2.24, 2.45) is 5.10 Å². The van der Waals surface area contributed by atoms with Gasteiger partial charge in [-0.05, 0) is 35.7 Å². The van der Waals surface area contributed by atoms with Crippen LogP contribution in [0.3, 0.4) is 0 Å². The highest BCUT2D eigenvalue weighted by atomic mass is 35.5. The van der Waals surface area contributed by atoms with Crippen LogP contribution in [0, 0.1) is 0 Å². The van der Waals surface area contributed by atoms with Crippen molar-refractivity contribution in [3.05, 3.63) is 82.0 Å². The molecule has 1 amide bonds. The van der Waals surface area contributed by atoms with E-state index in [1.807, 2.05) is 17.5 Å². The van der Waals surface area contributed by atoms with E-state index in [1.54, 1.807) is 42.5 Å². The van der Waals surface area contributed by atoms with E-state index < -0.39 is 22.5 Å². The zero-order valence-electron chi connectivity index (χ0n) is 14.5. The van der Waals surface area contributed by atoms with Gasteiger partial charge in [-0.1, -0.05) is 48.0 Å². The number of para-hydroxylation sites is 1. The van der Waals surface area contributed by atoms with Gasteiger partial charge in [0, 0.05) is 4.88 Å². The predicted octanol–water partition coefficient (Wildman–Crippen LogP) is 3.75. The second-order valence-electron chi connectivity index (χ2n) is 5.58. The molecule has 1 aromatic heterocycles. The number of nitrogens with one attached hydrogen (secondary N) is 1. The van der Waals surface area contributed by atoms with Crippen molar-refractivity contribution in [1.82, 2.24) is 5.43 Å². The van der Waals surface area contributed by atoms with E-state index in [1.165, 1.54) is 29.7 Å². The number of carbonyl (C=O) groups is 1. The van der Waals surface area contributed by atoms with Gasteiger partial charge < -0.3 is 0 Å². The molecule has 0 fully saturated rings. The molecule has 0 saturated carbocycles. The quantitative estimate of drug-likeness (QED) is 0.455. The number of amides is 1. The Morgan fingerprint density at radius 2 is 1.79 bits per heavy atom. The summed E-state index contributed by atoms with van der Waals surface area (Å²) in [6.07, 6.45) is 1.49. The molecule has 144 valence electrons. The van der Waals surface area contributed by atoms with E-state index in [4.69, 9.17) is 11.6 Å². The number of anilines is 1. The van der Waals surface area contributed by atoms with E-state index in [2.05, 4.69) is 10.5 Å². The Hall–Kier alpha value is -2.68. The molecule has 0 aliphatic rings. The molecular formula is C19H16ClN3O3S2. The van der Waals surface area contributed by atoms with E-state index in [-0.39, 0.29) is 15.6 Å². The summed E-state index contributed by atoms with van der Waals surface area (Å²) in [6.45, 7) is -0.470. The molecule has 0 spiro atoms. The zero-order valence-corrected chi connectivity index (χ0v) is 16.9. The van der Waals surface area contributed by atoms with Crippen LogP contribution in [-0.4, -0.2) is 27.1 Å². The van der Waals surface area contributed by atoms with Gasteiger partial charge in [0.05, 0.1) is 21.8 Å². The average Bonchev–Trinajstić information content (AvgIpc) is 3.21. The Morgan fingerprint density at radius 3 is 2.46 bits per heavy atom. The Kier molecular flexibility index (Phi) is 6.45. The SMILES string of the molecule is O=C(CN(c1ccccc1Cl)S(=O)(=O)c1ccccc1)N/N=C\c1cccs1. The topological polar surface area (TPSA) is 78.8 Å². The molecule has 1 heterocycles. The highest BCUT2D eigenvalue weighted by Crippen LogP contribution is 2.30. The molecule has 0 radical (unpaired) electrons. The third-order valence-corrected chi connectivity index (χ3v) is 6.56. The molecule has 0 aliphatic heterocycles. The van der Waals surface area contributed by atoms with Crippen LogP contribution in [0.5, 0.6) is 0 Å². The number of sulfonamides is 1. The van der Waals surface area contributed by atoms with Gasteiger partial charge in [-0.15, -0.1) is 11.3 Å². The Morgan fingerprint density at radius 1 is 1.07 bits per heavy atom. The molecule has 0 saturated heterocycles. The van der Waals surface area contributed by atoms with Crippen molar-refractivity contribution in [1.29, 1.82) is 0 Å². The lowest BCUT2D eigenvalue weighted by Gasteiger charge is -2.24. The van der Waals surface area contributed by atoms with Crippen molar-refractivity contribution in [3.8, 4) is 0 Å². The first-order valence-electron chi connectivity index (χ1n) is 8.16. The lowest BCUT2D eigenvalue weighted by Crippen LogP contribution is -2.39. The normalized spacial score (nSPS) is 11.5. The number of rotatable bonds is 7. The van der Waals surface area contributed by atoms with Gasteiger partial charge in [-0.25, -0.2) is 13.8 Å². The van der Waals surface area contributed by atoms with Gasteiger partial charge in [0.1, 0.15) is 6.54 Å². The van der Waals surface area contributed by atoms with Crippen molar-refractivity contribution < 1.29 is 13.2 Å². The van der Waals surface area contributed by atoms with E-state index in [0.29, 0.717) is 0 Å². The minimum absolute atomic E-state index is 0.0600. The third-order valence-electron chi connectivity index (χ3n) is 3.66. The van der Waals surface area contributed by atoms with Crippen molar-refractivity contribution in [2.75, 3.05) is 10.8 Å². The molecule has 0 bridgehead atoms. The Balaban J connectivity index is 1.87. The molecule has 28 heavy (non-hydrogen) atoms. The van der Waals surface area contributed by atoms with Gasteiger partial charge in [0.2, 0.25) is 0 Å². The van der Waals surface area contributed by atoms with Crippen molar-refractivity contribution in [2.45, 2.75) is 4.90 Å². The van der Waals surface area contributed by atoms with Crippen LogP contribution in [0.1, 0.15) is 4.88 Å². The maximum atomic E-state index is 13.1. The summed E-state index contributed by atoms with van der Waals surface area (Å²) >= 11 is 7.67. The van der Waals surface area contributed by atoms with Crippen LogP contribution >= 0.6 is 22.9 Å². The fourth-order valence-corrected chi connectivity index (χ4v) is 4.71. The fraction of sp³-hybridized carbons (Fsp3) is 0.0526. The zero-order chi connectivity index (χ0) is 20.0. The van der Waals surface area contributed by atoms with Crippen molar-refractivity contribution in [3.63, 3.8) is 0 Å². The number of hydrogen-bond donors (Lipinski definition) is 1. The minimum atomic E-state index is -4.00. The van der Waals surface area contributed by atoms with E-state index in [9.17, 15) is 13.2 Å². The maximum Gasteiger partial charge on any atom is 0.264 e. The molecule has 6 nitrogen and oxygen atoms in total. The predicted molar refractivity (Wildman–Crippen MR) is 112 cm³/mol. The highest BCUT2D eigenvalue weighted by molar-refractivity contribution is 7.92. The third kappa shape index (κ3) is 4.78. The van der Waals surface area contributed by atoms with Crippen molar-refractivity contribution >= 4 is 50.8 Å². The monoisotopic (exact) mass is 433 g/mol. The van der Waals surface area contributed by atoms with Gasteiger partial charge in [0.25, 0.3) is 15.9 Å². The van der Waals surface area contributed by atoms with Crippen LogP contribution in [0.4, 0.5) is 5.69 Å². The number of hydrazone groups is 1. The minimum Gasteiger partial charge on any atom is -0.271 e. The Labute approximate surface area is 172 Å². The van der Waals surface area contributed by atoms with Gasteiger partial charge in [-0.2, -0.15) is 5.10 Å². The number of carbonyl (C=O) groups excluding carboxylic acids is 1. The first-order chi connectivity index (χ1) is 13.5. The van der Waals surface area contributed by atoms with Crippen LogP contribution in [-0.2, 0) is 14.8 Å². The maximum absolute atomic E-state index is 13.1. The van der Waals surface area contributed by atoms with Crippen LogP contribution in [0.2, 0.25) is 5.02 Å². The smallest absolute Gasteiger partial charge is 0.264 e.